The lowest BCUT2D eigenvalue weighted by atomic mass is 9.92. The van der Waals surface area contributed by atoms with Gasteiger partial charge in [-0.25, -0.2) is 4.39 Å². The fraction of sp³-hybridized carbons (Fsp3) is 0.316. The molecule has 0 aliphatic heterocycles. The molecular weight excluding hydrogens is 323 g/mol. The Labute approximate surface area is 145 Å². The molecular formula is C19H21FN2OS. The first-order valence-corrected chi connectivity index (χ1v) is 8.79. The highest BCUT2D eigenvalue weighted by Crippen LogP contribution is 2.39. The van der Waals surface area contributed by atoms with Crippen molar-refractivity contribution in [2.24, 2.45) is 0 Å². The molecule has 5 heteroatoms. The molecule has 3 aromatic rings. The normalized spacial score (nSPS) is 12.9. The number of likely N-dealkylation sites (N-methyl/N-ethyl adjacent to an activating group) is 1. The minimum Gasteiger partial charge on any atom is -0.395 e. The van der Waals surface area contributed by atoms with Crippen LogP contribution in [0.4, 0.5) is 4.39 Å². The number of benzene rings is 1. The van der Waals surface area contributed by atoms with Crippen LogP contribution < -0.4 is 0 Å². The molecule has 0 aliphatic carbocycles. The summed E-state index contributed by atoms with van der Waals surface area (Å²) in [6.45, 7) is 0.742. The molecule has 2 aromatic heterocycles. The lowest BCUT2D eigenvalue weighted by Gasteiger charge is -2.17. The number of nitrogens with zero attached hydrogens (tertiary/aromatic N) is 2. The van der Waals surface area contributed by atoms with Crippen molar-refractivity contribution >= 4 is 21.4 Å². The van der Waals surface area contributed by atoms with Gasteiger partial charge in [-0.2, -0.15) is 0 Å². The molecule has 1 unspecified atom stereocenters. The monoisotopic (exact) mass is 344 g/mol. The summed E-state index contributed by atoms with van der Waals surface area (Å²) in [5.41, 5.74) is 1.33. The first-order valence-electron chi connectivity index (χ1n) is 7.98. The molecule has 0 saturated carbocycles. The summed E-state index contributed by atoms with van der Waals surface area (Å²) < 4.78 is 15.4. The van der Waals surface area contributed by atoms with Crippen LogP contribution in [-0.2, 0) is 6.42 Å². The maximum absolute atomic E-state index is 14.3. The molecule has 2 heterocycles. The SMILES string of the molecule is CN(C)CCc1sc2ccccc2c1C(CO)c1ncccc1F. The van der Waals surface area contributed by atoms with E-state index in [0.717, 1.165) is 28.6 Å². The smallest absolute Gasteiger partial charge is 0.145 e. The van der Waals surface area contributed by atoms with Crippen molar-refractivity contribution in [2.45, 2.75) is 12.3 Å². The minimum atomic E-state index is -0.445. The summed E-state index contributed by atoms with van der Waals surface area (Å²) in [5.74, 6) is -0.815. The summed E-state index contributed by atoms with van der Waals surface area (Å²) in [6.07, 6.45) is 2.45. The van der Waals surface area contributed by atoms with E-state index in [1.54, 1.807) is 23.6 Å². The molecule has 0 fully saturated rings. The molecule has 3 rings (SSSR count). The average molecular weight is 344 g/mol. The van der Waals surface area contributed by atoms with Gasteiger partial charge in [-0.3, -0.25) is 4.98 Å². The summed E-state index contributed by atoms with van der Waals surface area (Å²) in [5, 5.41) is 11.1. The minimum absolute atomic E-state index is 0.163. The van der Waals surface area contributed by atoms with Crippen molar-refractivity contribution < 1.29 is 9.50 Å². The number of aliphatic hydroxyl groups is 1. The summed E-state index contributed by atoms with van der Waals surface area (Å²) in [4.78, 5) is 7.53. The van der Waals surface area contributed by atoms with Crippen molar-refractivity contribution in [3.05, 3.63) is 64.5 Å². The van der Waals surface area contributed by atoms with Crippen LogP contribution in [0.1, 0.15) is 22.1 Å². The molecule has 0 spiro atoms. The van der Waals surface area contributed by atoms with Crippen LogP contribution >= 0.6 is 11.3 Å². The number of aliphatic hydroxyl groups excluding tert-OH is 1. The van der Waals surface area contributed by atoms with Gasteiger partial charge in [0, 0.05) is 22.3 Å². The average Bonchev–Trinajstić information content (AvgIpc) is 2.94. The number of hydrogen-bond donors (Lipinski definition) is 1. The van der Waals surface area contributed by atoms with Gasteiger partial charge in [-0.15, -0.1) is 11.3 Å². The Kier molecular flexibility index (Phi) is 5.23. The molecule has 1 aromatic carbocycles. The van der Waals surface area contributed by atoms with E-state index in [4.69, 9.17) is 0 Å². The lowest BCUT2D eigenvalue weighted by Crippen LogP contribution is -2.17. The van der Waals surface area contributed by atoms with Gasteiger partial charge in [0.15, 0.2) is 0 Å². The highest BCUT2D eigenvalue weighted by Gasteiger charge is 2.25. The summed E-state index contributed by atoms with van der Waals surface area (Å²) in [7, 11) is 4.07. The fourth-order valence-electron chi connectivity index (χ4n) is 2.98. The third-order valence-corrected chi connectivity index (χ3v) is 5.39. The molecule has 24 heavy (non-hydrogen) atoms. The first kappa shape index (κ1) is 17.0. The highest BCUT2D eigenvalue weighted by atomic mass is 32.1. The Morgan fingerprint density at radius 3 is 2.71 bits per heavy atom. The van der Waals surface area contributed by atoms with Crippen molar-refractivity contribution in [1.29, 1.82) is 0 Å². The van der Waals surface area contributed by atoms with Gasteiger partial charge in [-0.1, -0.05) is 18.2 Å². The molecule has 0 amide bonds. The zero-order valence-corrected chi connectivity index (χ0v) is 14.7. The number of halogens is 1. The van der Waals surface area contributed by atoms with Crippen molar-refractivity contribution in [2.75, 3.05) is 27.2 Å². The van der Waals surface area contributed by atoms with Gasteiger partial charge in [-0.05, 0) is 49.7 Å². The van der Waals surface area contributed by atoms with E-state index in [1.165, 1.54) is 10.9 Å². The molecule has 0 bridgehead atoms. The van der Waals surface area contributed by atoms with Crippen molar-refractivity contribution in [3.63, 3.8) is 0 Å². The Morgan fingerprint density at radius 2 is 2.00 bits per heavy atom. The van der Waals surface area contributed by atoms with Crippen LogP contribution in [0.2, 0.25) is 0 Å². The van der Waals surface area contributed by atoms with E-state index >= 15 is 0 Å². The van der Waals surface area contributed by atoms with E-state index < -0.39 is 5.92 Å². The zero-order valence-electron chi connectivity index (χ0n) is 13.9. The van der Waals surface area contributed by atoms with Gasteiger partial charge >= 0.3 is 0 Å². The van der Waals surface area contributed by atoms with Crippen LogP contribution in [0.5, 0.6) is 0 Å². The predicted molar refractivity (Wildman–Crippen MR) is 97.2 cm³/mol. The van der Waals surface area contributed by atoms with Crippen molar-refractivity contribution in [1.82, 2.24) is 9.88 Å². The maximum atomic E-state index is 14.3. The van der Waals surface area contributed by atoms with Crippen LogP contribution in [-0.4, -0.2) is 42.2 Å². The number of thiophene rings is 1. The lowest BCUT2D eigenvalue weighted by molar-refractivity contribution is 0.276. The van der Waals surface area contributed by atoms with Crippen LogP contribution in [0.15, 0.2) is 42.6 Å². The number of pyridine rings is 1. The topological polar surface area (TPSA) is 36.4 Å². The van der Waals surface area contributed by atoms with Gasteiger partial charge in [0.1, 0.15) is 5.82 Å². The third-order valence-electron chi connectivity index (χ3n) is 4.14. The summed E-state index contributed by atoms with van der Waals surface area (Å²) >= 11 is 1.72. The molecule has 126 valence electrons. The third kappa shape index (κ3) is 3.34. The van der Waals surface area contributed by atoms with E-state index in [0.29, 0.717) is 5.69 Å². The summed E-state index contributed by atoms with van der Waals surface area (Å²) in [6, 6.07) is 11.1. The molecule has 0 radical (unpaired) electrons. The van der Waals surface area contributed by atoms with Gasteiger partial charge < -0.3 is 10.0 Å². The van der Waals surface area contributed by atoms with Crippen molar-refractivity contribution in [3.8, 4) is 0 Å². The van der Waals surface area contributed by atoms with E-state index in [2.05, 4.69) is 16.0 Å². The predicted octanol–water partition coefficient (Wildman–Crippen LogP) is 3.66. The second kappa shape index (κ2) is 7.38. The standard InChI is InChI=1S/C19H21FN2OS/c1-22(2)11-9-17-18(13-6-3-4-8-16(13)24-17)14(12-23)19-15(20)7-5-10-21-19/h3-8,10,14,23H,9,11-12H2,1-2H3. The largest absolute Gasteiger partial charge is 0.395 e. The number of rotatable bonds is 6. The van der Waals surface area contributed by atoms with Gasteiger partial charge in [0.2, 0.25) is 0 Å². The van der Waals surface area contributed by atoms with Gasteiger partial charge in [0.05, 0.1) is 18.2 Å². The second-order valence-corrected chi connectivity index (χ2v) is 7.23. The number of fused-ring (bicyclic) bond motifs is 1. The Balaban J connectivity index is 2.14. The molecule has 0 aliphatic rings. The highest BCUT2D eigenvalue weighted by molar-refractivity contribution is 7.19. The maximum Gasteiger partial charge on any atom is 0.145 e. The van der Waals surface area contributed by atoms with Gasteiger partial charge in [0.25, 0.3) is 0 Å². The van der Waals surface area contributed by atoms with E-state index in [-0.39, 0.29) is 12.4 Å². The number of aromatic nitrogens is 1. The van der Waals surface area contributed by atoms with E-state index in [9.17, 15) is 9.50 Å². The molecule has 1 N–H and O–H groups in total. The quantitative estimate of drug-likeness (QED) is 0.741. The molecule has 3 nitrogen and oxygen atoms in total. The number of hydrogen-bond acceptors (Lipinski definition) is 4. The molecule has 1 atom stereocenters. The fourth-order valence-corrected chi connectivity index (χ4v) is 4.23. The molecule has 0 saturated heterocycles. The Bertz CT molecular complexity index is 831. The van der Waals surface area contributed by atoms with Crippen LogP contribution in [0.3, 0.4) is 0 Å². The van der Waals surface area contributed by atoms with E-state index in [1.807, 2.05) is 32.3 Å². The van der Waals surface area contributed by atoms with Crippen LogP contribution in [0.25, 0.3) is 10.1 Å². The zero-order chi connectivity index (χ0) is 17.1. The Hall–Kier alpha value is -1.82. The Morgan fingerprint density at radius 1 is 1.21 bits per heavy atom. The van der Waals surface area contributed by atoms with Crippen LogP contribution in [0, 0.1) is 5.82 Å². The second-order valence-electron chi connectivity index (χ2n) is 6.09. The first-order chi connectivity index (χ1) is 11.6.